The summed E-state index contributed by atoms with van der Waals surface area (Å²) in [4.78, 5) is 0. The van der Waals surface area contributed by atoms with Crippen LogP contribution in [0.2, 0.25) is 0 Å². The van der Waals surface area contributed by atoms with E-state index in [1.54, 1.807) is 0 Å². The topological polar surface area (TPSA) is 0 Å². The van der Waals surface area contributed by atoms with E-state index in [-0.39, 0.29) is 0 Å². The van der Waals surface area contributed by atoms with Gasteiger partial charge in [0.15, 0.2) is 0 Å². The van der Waals surface area contributed by atoms with Crippen LogP contribution < -0.4 is 0 Å². The SMILES string of the molecule is c1ccc(-c2ccc(-c3ccc(-c4cccc(-c5cccc(-c6cccc(-c7cccc(-c8ccc(-c9ccc(-c%10ccccc%10)cc9)cc8)c7)c6)c5)c4)cc3)cc2)cc1. The Hall–Kier alpha value is -7.80. The van der Waals surface area contributed by atoms with Crippen LogP contribution in [0, 0.1) is 0 Å². The molecule has 0 spiro atoms. The van der Waals surface area contributed by atoms with Gasteiger partial charge in [0.05, 0.1) is 0 Å². The van der Waals surface area contributed by atoms with Crippen LogP contribution >= 0.6 is 0 Å². The van der Waals surface area contributed by atoms with E-state index in [1.807, 2.05) is 0 Å². The van der Waals surface area contributed by atoms with E-state index in [9.17, 15) is 0 Å². The minimum Gasteiger partial charge on any atom is -0.0622 e. The van der Waals surface area contributed by atoms with Gasteiger partial charge in [-0.05, 0) is 124 Å². The average Bonchev–Trinajstić information content (AvgIpc) is 3.35. The Morgan fingerprint density at radius 3 is 0.433 bits per heavy atom. The quantitative estimate of drug-likeness (QED) is 0.137. The Labute approximate surface area is 353 Å². The van der Waals surface area contributed by atoms with Crippen molar-refractivity contribution in [2.75, 3.05) is 0 Å². The first-order valence-electron chi connectivity index (χ1n) is 20.6. The molecule has 0 atom stereocenters. The van der Waals surface area contributed by atoms with Gasteiger partial charge in [-0.2, -0.15) is 0 Å². The molecular formula is C60H42. The van der Waals surface area contributed by atoms with Gasteiger partial charge < -0.3 is 0 Å². The molecule has 0 bridgehead atoms. The molecule has 0 aliphatic carbocycles. The molecule has 0 aliphatic heterocycles. The fourth-order valence-corrected chi connectivity index (χ4v) is 8.20. The highest BCUT2D eigenvalue weighted by Crippen LogP contribution is 2.35. The minimum absolute atomic E-state index is 1.20. The molecule has 0 N–H and O–H groups in total. The van der Waals surface area contributed by atoms with Gasteiger partial charge in [0, 0.05) is 0 Å². The molecule has 0 heterocycles. The molecular weight excluding hydrogens is 721 g/mol. The molecule has 0 nitrogen and oxygen atoms in total. The average molecular weight is 763 g/mol. The van der Waals surface area contributed by atoms with Crippen LogP contribution in [0.4, 0.5) is 0 Å². The van der Waals surface area contributed by atoms with Crippen LogP contribution in [0.3, 0.4) is 0 Å². The van der Waals surface area contributed by atoms with Gasteiger partial charge in [0.25, 0.3) is 0 Å². The minimum atomic E-state index is 1.20. The molecule has 10 aromatic rings. The molecule has 60 heavy (non-hydrogen) atoms. The zero-order valence-electron chi connectivity index (χ0n) is 33.2. The lowest BCUT2D eigenvalue weighted by molar-refractivity contribution is 1.55. The summed E-state index contributed by atoms with van der Waals surface area (Å²) < 4.78 is 0. The summed E-state index contributed by atoms with van der Waals surface area (Å²) in [7, 11) is 0. The molecule has 0 saturated heterocycles. The highest BCUT2D eigenvalue weighted by molar-refractivity contribution is 5.82. The third-order valence-electron chi connectivity index (χ3n) is 11.5. The molecule has 0 radical (unpaired) electrons. The molecule has 0 amide bonds. The molecule has 0 aliphatic rings. The first kappa shape index (κ1) is 36.5. The summed E-state index contributed by atoms with van der Waals surface area (Å²) >= 11 is 0. The third kappa shape index (κ3) is 7.88. The number of hydrogen-bond acceptors (Lipinski definition) is 0. The van der Waals surface area contributed by atoms with Crippen LogP contribution in [-0.2, 0) is 0 Å². The largest absolute Gasteiger partial charge is 0.0622 e. The molecule has 0 heteroatoms. The van der Waals surface area contributed by atoms with Crippen molar-refractivity contribution in [1.29, 1.82) is 0 Å². The van der Waals surface area contributed by atoms with Gasteiger partial charge in [-0.3, -0.25) is 0 Å². The van der Waals surface area contributed by atoms with Crippen molar-refractivity contribution in [1.82, 2.24) is 0 Å². The maximum absolute atomic E-state index is 2.31. The van der Waals surface area contributed by atoms with Crippen molar-refractivity contribution >= 4 is 0 Å². The maximum atomic E-state index is 2.31. The molecule has 0 aromatic heterocycles. The van der Waals surface area contributed by atoms with E-state index < -0.39 is 0 Å². The van der Waals surface area contributed by atoms with E-state index in [0.717, 1.165) is 0 Å². The summed E-state index contributed by atoms with van der Waals surface area (Å²) in [6.45, 7) is 0. The lowest BCUT2D eigenvalue weighted by Gasteiger charge is -2.11. The highest BCUT2D eigenvalue weighted by Gasteiger charge is 2.09. The van der Waals surface area contributed by atoms with Gasteiger partial charge in [0.2, 0.25) is 0 Å². The highest BCUT2D eigenvalue weighted by atomic mass is 14.1. The van der Waals surface area contributed by atoms with Crippen LogP contribution in [0.5, 0.6) is 0 Å². The van der Waals surface area contributed by atoms with Crippen LogP contribution in [0.25, 0.3) is 100 Å². The Kier molecular flexibility index (Phi) is 10.1. The van der Waals surface area contributed by atoms with Gasteiger partial charge in [-0.25, -0.2) is 0 Å². The van der Waals surface area contributed by atoms with Crippen LogP contribution in [0.15, 0.2) is 255 Å². The van der Waals surface area contributed by atoms with E-state index >= 15 is 0 Å². The van der Waals surface area contributed by atoms with Gasteiger partial charge >= 0.3 is 0 Å². The summed E-state index contributed by atoms with van der Waals surface area (Å²) in [6.07, 6.45) is 0. The van der Waals surface area contributed by atoms with E-state index in [1.165, 1.54) is 100 Å². The molecule has 10 aromatic carbocycles. The van der Waals surface area contributed by atoms with Crippen LogP contribution in [0.1, 0.15) is 0 Å². The second-order valence-electron chi connectivity index (χ2n) is 15.4. The Morgan fingerprint density at radius 2 is 0.233 bits per heavy atom. The third-order valence-corrected chi connectivity index (χ3v) is 11.5. The standard InChI is InChI=1S/C60H42/c1-3-11-43(12-4-1)45-23-27-47(28-24-45)49-31-35-51(36-32-49)53-15-7-17-55(39-53)57-19-9-21-59(41-57)60-22-10-20-58(42-60)56-18-8-16-54(40-56)52-37-33-50(34-38-52)48-29-25-46(26-30-48)44-13-5-2-6-14-44/h1-42H. The van der Waals surface area contributed by atoms with E-state index in [2.05, 4.69) is 255 Å². The zero-order valence-corrected chi connectivity index (χ0v) is 33.2. The van der Waals surface area contributed by atoms with Gasteiger partial charge in [-0.15, -0.1) is 0 Å². The fraction of sp³-hybridized carbons (Fsp3) is 0. The monoisotopic (exact) mass is 762 g/mol. The van der Waals surface area contributed by atoms with Gasteiger partial charge in [0.1, 0.15) is 0 Å². The fourth-order valence-electron chi connectivity index (χ4n) is 8.20. The lowest BCUT2D eigenvalue weighted by atomic mass is 9.93. The van der Waals surface area contributed by atoms with E-state index in [4.69, 9.17) is 0 Å². The first-order valence-corrected chi connectivity index (χ1v) is 20.6. The smallest absolute Gasteiger partial charge is 0.0178 e. The van der Waals surface area contributed by atoms with Crippen molar-refractivity contribution < 1.29 is 0 Å². The molecule has 282 valence electrons. The van der Waals surface area contributed by atoms with Crippen molar-refractivity contribution in [2.45, 2.75) is 0 Å². The second kappa shape index (κ2) is 16.6. The Bertz CT molecular complexity index is 2800. The number of hydrogen-bond donors (Lipinski definition) is 0. The maximum Gasteiger partial charge on any atom is -0.0178 e. The van der Waals surface area contributed by atoms with Crippen LogP contribution in [-0.4, -0.2) is 0 Å². The number of rotatable bonds is 9. The molecule has 0 saturated carbocycles. The predicted molar refractivity (Wildman–Crippen MR) is 255 cm³/mol. The van der Waals surface area contributed by atoms with Crippen molar-refractivity contribution in [2.24, 2.45) is 0 Å². The summed E-state index contributed by atoms with van der Waals surface area (Å²) in [5, 5.41) is 0. The summed E-state index contributed by atoms with van der Waals surface area (Å²) in [5.74, 6) is 0. The van der Waals surface area contributed by atoms with Crippen molar-refractivity contribution in [3.05, 3.63) is 255 Å². The Morgan fingerprint density at radius 1 is 0.100 bits per heavy atom. The van der Waals surface area contributed by atoms with Gasteiger partial charge in [-0.1, -0.05) is 231 Å². The predicted octanol–water partition coefficient (Wildman–Crippen LogP) is 16.7. The Balaban J connectivity index is 0.848. The zero-order chi connectivity index (χ0) is 40.1. The molecule has 10 rings (SSSR count). The first-order chi connectivity index (χ1) is 29.7. The number of benzene rings is 10. The normalized spacial score (nSPS) is 11.0. The van der Waals surface area contributed by atoms with Crippen molar-refractivity contribution in [3.63, 3.8) is 0 Å². The summed E-state index contributed by atoms with van der Waals surface area (Å²) in [6, 6.07) is 92.2. The van der Waals surface area contributed by atoms with Crippen molar-refractivity contribution in [3.8, 4) is 100 Å². The molecule has 0 fully saturated rings. The second-order valence-corrected chi connectivity index (χ2v) is 15.4. The van der Waals surface area contributed by atoms with E-state index in [0.29, 0.717) is 0 Å². The lowest BCUT2D eigenvalue weighted by Crippen LogP contribution is -1.86. The summed E-state index contributed by atoms with van der Waals surface area (Å²) in [5.41, 5.74) is 21.8. The molecule has 0 unspecified atom stereocenters.